The number of hydrogen-bond donors (Lipinski definition) is 0. The first-order valence-electron chi connectivity index (χ1n) is 10.0. The predicted octanol–water partition coefficient (Wildman–Crippen LogP) is 5.88. The normalized spacial score (nSPS) is 16.7. The Hall–Kier alpha value is -0.770. The second-order valence-corrected chi connectivity index (χ2v) is 7.58. The topological polar surface area (TPSA) is 44.8 Å². The molecule has 0 radical (unpaired) electrons. The van der Waals surface area contributed by atoms with Crippen LogP contribution in [0, 0.1) is 5.41 Å². The zero-order valence-electron chi connectivity index (χ0n) is 15.9. The molecule has 0 aliphatic carbocycles. The van der Waals surface area contributed by atoms with Crippen LogP contribution in [0.15, 0.2) is 0 Å². The molecule has 142 valence electrons. The number of cyclic esters (lactones) is 2. The molecule has 0 aromatic carbocycles. The lowest BCUT2D eigenvalue weighted by molar-refractivity contribution is -0.0852. The monoisotopic (exact) mass is 342 g/mol. The molecule has 0 aromatic heterocycles. The van der Waals surface area contributed by atoms with Crippen molar-refractivity contribution in [1.29, 1.82) is 0 Å². The molecule has 4 nitrogen and oxygen atoms in total. The number of unbranched alkanes of at least 4 members (excludes halogenated alkanes) is 11. The van der Waals surface area contributed by atoms with Crippen LogP contribution in [-0.4, -0.2) is 32.6 Å². The second-order valence-electron chi connectivity index (χ2n) is 7.58. The van der Waals surface area contributed by atoms with Gasteiger partial charge in [-0.3, -0.25) is 0 Å². The van der Waals surface area contributed by atoms with Crippen LogP contribution >= 0.6 is 0 Å². The molecule has 24 heavy (non-hydrogen) atoms. The smallest absolute Gasteiger partial charge is 0.433 e. The maximum Gasteiger partial charge on any atom is 0.508 e. The maximum atomic E-state index is 10.9. The molecule has 0 spiro atoms. The van der Waals surface area contributed by atoms with Gasteiger partial charge in [-0.05, 0) is 6.42 Å². The van der Waals surface area contributed by atoms with Gasteiger partial charge in [-0.25, -0.2) is 4.79 Å². The molecule has 0 amide bonds. The molecule has 0 bridgehead atoms. The second kappa shape index (κ2) is 13.5. The largest absolute Gasteiger partial charge is 0.508 e. The molecule has 1 aliphatic rings. The van der Waals surface area contributed by atoms with E-state index in [0.717, 1.165) is 13.0 Å². The molecule has 0 atom stereocenters. The Kier molecular flexibility index (Phi) is 12.0. The standard InChI is InChI=1S/C20H38O4/c1-3-4-5-6-7-8-9-10-11-12-13-14-15-22-16-20(2)17-23-19(21)24-18-20/h3-18H2,1-2H3. The Bertz CT molecular complexity index is 307. The summed E-state index contributed by atoms with van der Waals surface area (Å²) in [6.45, 7) is 6.47. The van der Waals surface area contributed by atoms with E-state index in [2.05, 4.69) is 6.92 Å². The summed E-state index contributed by atoms with van der Waals surface area (Å²) in [5.74, 6) is 0. The SMILES string of the molecule is CCCCCCCCCCCCCCOCC1(C)COC(=O)OC1. The molecule has 1 saturated heterocycles. The highest BCUT2D eigenvalue weighted by Gasteiger charge is 2.33. The molecule has 1 heterocycles. The van der Waals surface area contributed by atoms with Gasteiger partial charge >= 0.3 is 6.16 Å². The number of hydrogen-bond acceptors (Lipinski definition) is 4. The molecule has 0 saturated carbocycles. The summed E-state index contributed by atoms with van der Waals surface area (Å²) in [4.78, 5) is 10.9. The summed E-state index contributed by atoms with van der Waals surface area (Å²) >= 11 is 0. The summed E-state index contributed by atoms with van der Waals surface area (Å²) in [7, 11) is 0. The van der Waals surface area contributed by atoms with E-state index in [4.69, 9.17) is 14.2 Å². The van der Waals surface area contributed by atoms with Gasteiger partial charge in [-0.15, -0.1) is 0 Å². The number of ether oxygens (including phenoxy) is 3. The minimum atomic E-state index is -0.562. The first kappa shape index (κ1) is 21.3. The van der Waals surface area contributed by atoms with E-state index in [9.17, 15) is 4.79 Å². The Morgan fingerprint density at radius 3 is 1.79 bits per heavy atom. The third-order valence-electron chi connectivity index (χ3n) is 4.67. The average Bonchev–Trinajstić information content (AvgIpc) is 2.58. The van der Waals surface area contributed by atoms with E-state index in [0.29, 0.717) is 19.8 Å². The van der Waals surface area contributed by atoms with Crippen LogP contribution in [0.3, 0.4) is 0 Å². The van der Waals surface area contributed by atoms with Crippen LogP contribution in [0.2, 0.25) is 0 Å². The minimum Gasteiger partial charge on any atom is -0.433 e. The zero-order valence-corrected chi connectivity index (χ0v) is 15.9. The fraction of sp³-hybridized carbons (Fsp3) is 0.950. The lowest BCUT2D eigenvalue weighted by atomic mass is 9.94. The molecule has 0 N–H and O–H groups in total. The Morgan fingerprint density at radius 1 is 0.833 bits per heavy atom. The fourth-order valence-corrected chi connectivity index (χ4v) is 3.00. The highest BCUT2D eigenvalue weighted by atomic mass is 16.7. The van der Waals surface area contributed by atoms with Crippen LogP contribution in [0.1, 0.15) is 90.9 Å². The van der Waals surface area contributed by atoms with E-state index >= 15 is 0 Å². The lowest BCUT2D eigenvalue weighted by Crippen LogP contribution is -2.40. The van der Waals surface area contributed by atoms with Gasteiger partial charge in [0.2, 0.25) is 0 Å². The van der Waals surface area contributed by atoms with Crippen LogP contribution in [-0.2, 0) is 14.2 Å². The third-order valence-corrected chi connectivity index (χ3v) is 4.67. The highest BCUT2D eigenvalue weighted by molar-refractivity contribution is 5.60. The maximum absolute atomic E-state index is 10.9. The first-order chi connectivity index (χ1) is 11.7. The summed E-state index contributed by atoms with van der Waals surface area (Å²) in [5, 5.41) is 0. The molecule has 0 unspecified atom stereocenters. The third kappa shape index (κ3) is 10.9. The number of carbonyl (C=O) groups is 1. The molecular weight excluding hydrogens is 304 g/mol. The minimum absolute atomic E-state index is 0.189. The average molecular weight is 343 g/mol. The lowest BCUT2D eigenvalue weighted by Gasteiger charge is -2.31. The van der Waals surface area contributed by atoms with Gasteiger partial charge in [0.05, 0.1) is 12.0 Å². The van der Waals surface area contributed by atoms with Crippen LogP contribution in [0.4, 0.5) is 4.79 Å². The van der Waals surface area contributed by atoms with Crippen molar-refractivity contribution < 1.29 is 19.0 Å². The van der Waals surface area contributed by atoms with Gasteiger partial charge < -0.3 is 14.2 Å². The predicted molar refractivity (Wildman–Crippen MR) is 97.3 cm³/mol. The van der Waals surface area contributed by atoms with Crippen molar-refractivity contribution in [3.63, 3.8) is 0 Å². The molecule has 1 rings (SSSR count). The van der Waals surface area contributed by atoms with Gasteiger partial charge in [-0.2, -0.15) is 0 Å². The summed E-state index contributed by atoms with van der Waals surface area (Å²) in [6, 6.07) is 0. The summed E-state index contributed by atoms with van der Waals surface area (Å²) in [6.07, 6.45) is 15.7. The Morgan fingerprint density at radius 2 is 1.29 bits per heavy atom. The van der Waals surface area contributed by atoms with Gasteiger partial charge in [0.1, 0.15) is 13.2 Å². The quantitative estimate of drug-likeness (QED) is 0.275. The molecule has 1 aliphatic heterocycles. The van der Waals surface area contributed by atoms with Gasteiger partial charge in [0, 0.05) is 6.61 Å². The van der Waals surface area contributed by atoms with Crippen molar-refractivity contribution in [3.05, 3.63) is 0 Å². The Balaban J connectivity index is 1.78. The van der Waals surface area contributed by atoms with Crippen LogP contribution in [0.5, 0.6) is 0 Å². The van der Waals surface area contributed by atoms with E-state index in [1.165, 1.54) is 70.6 Å². The summed E-state index contributed by atoms with van der Waals surface area (Å²) in [5.41, 5.74) is -0.189. The van der Waals surface area contributed by atoms with E-state index < -0.39 is 6.16 Å². The van der Waals surface area contributed by atoms with Crippen molar-refractivity contribution >= 4 is 6.16 Å². The van der Waals surface area contributed by atoms with Crippen molar-refractivity contribution in [2.75, 3.05) is 26.4 Å². The van der Waals surface area contributed by atoms with Crippen molar-refractivity contribution in [1.82, 2.24) is 0 Å². The molecule has 1 fully saturated rings. The van der Waals surface area contributed by atoms with Gasteiger partial charge in [0.25, 0.3) is 0 Å². The van der Waals surface area contributed by atoms with E-state index in [1.54, 1.807) is 0 Å². The van der Waals surface area contributed by atoms with Crippen LogP contribution in [0.25, 0.3) is 0 Å². The molecular formula is C20H38O4. The molecule has 4 heteroatoms. The van der Waals surface area contributed by atoms with E-state index in [1.807, 2.05) is 6.92 Å². The fourth-order valence-electron chi connectivity index (χ4n) is 3.00. The Labute approximate surface area is 148 Å². The highest BCUT2D eigenvalue weighted by Crippen LogP contribution is 2.22. The van der Waals surface area contributed by atoms with E-state index in [-0.39, 0.29) is 5.41 Å². The first-order valence-corrected chi connectivity index (χ1v) is 10.0. The van der Waals surface area contributed by atoms with Crippen molar-refractivity contribution in [2.24, 2.45) is 5.41 Å². The van der Waals surface area contributed by atoms with Crippen LogP contribution < -0.4 is 0 Å². The zero-order chi connectivity index (χ0) is 17.5. The number of rotatable bonds is 15. The molecule has 0 aromatic rings. The van der Waals surface area contributed by atoms with Crippen molar-refractivity contribution in [3.8, 4) is 0 Å². The van der Waals surface area contributed by atoms with Gasteiger partial charge in [-0.1, -0.05) is 84.5 Å². The van der Waals surface area contributed by atoms with Crippen molar-refractivity contribution in [2.45, 2.75) is 90.9 Å². The summed E-state index contributed by atoms with van der Waals surface area (Å²) < 4.78 is 15.6. The van der Waals surface area contributed by atoms with Gasteiger partial charge in [0.15, 0.2) is 0 Å². The number of carbonyl (C=O) groups excluding carboxylic acids is 1.